The van der Waals surface area contributed by atoms with Gasteiger partial charge in [-0.25, -0.2) is 4.98 Å². The summed E-state index contributed by atoms with van der Waals surface area (Å²) in [7, 11) is 0. The zero-order valence-corrected chi connectivity index (χ0v) is 15.8. The van der Waals surface area contributed by atoms with E-state index in [4.69, 9.17) is 16.6 Å². The molecule has 1 aliphatic rings. The summed E-state index contributed by atoms with van der Waals surface area (Å²) < 4.78 is 1.76. The largest absolute Gasteiger partial charge is 0.326 e. The zero-order valence-electron chi connectivity index (χ0n) is 15.0. The number of benzene rings is 2. The number of rotatable bonds is 5. The lowest BCUT2D eigenvalue weighted by Crippen LogP contribution is -2.26. The van der Waals surface area contributed by atoms with Crippen LogP contribution >= 0.6 is 11.6 Å². The first-order valence-corrected chi connectivity index (χ1v) is 9.51. The fourth-order valence-corrected chi connectivity index (χ4v) is 3.27. The molecule has 138 valence electrons. The molecule has 1 N–H and O–H groups in total. The Morgan fingerprint density at radius 2 is 1.96 bits per heavy atom. The second-order valence-electron chi connectivity index (χ2n) is 6.90. The van der Waals surface area contributed by atoms with Gasteiger partial charge in [-0.2, -0.15) is 0 Å². The van der Waals surface area contributed by atoms with Crippen molar-refractivity contribution in [2.45, 2.75) is 38.6 Å². The molecule has 0 radical (unpaired) electrons. The number of aromatic nitrogens is 2. The number of nitrogens with zero attached hydrogens (tertiary/aromatic N) is 2. The van der Waals surface area contributed by atoms with E-state index >= 15 is 0 Å². The van der Waals surface area contributed by atoms with E-state index in [0.29, 0.717) is 40.5 Å². The molecular weight excluding hydrogens is 362 g/mol. The average Bonchev–Trinajstić information content (AvgIpc) is 3.51. The van der Waals surface area contributed by atoms with Crippen molar-refractivity contribution < 1.29 is 4.79 Å². The first-order valence-electron chi connectivity index (χ1n) is 9.14. The highest BCUT2D eigenvalue weighted by atomic mass is 35.5. The van der Waals surface area contributed by atoms with Crippen LogP contribution in [0.15, 0.2) is 47.3 Å². The van der Waals surface area contributed by atoms with E-state index in [1.54, 1.807) is 29.7 Å². The number of carbonyl (C=O) groups excluding carboxylic acids is 1. The van der Waals surface area contributed by atoms with E-state index in [0.717, 1.165) is 24.2 Å². The van der Waals surface area contributed by atoms with Crippen LogP contribution in [0.3, 0.4) is 0 Å². The molecule has 0 bridgehead atoms. The maximum Gasteiger partial charge on any atom is 0.261 e. The van der Waals surface area contributed by atoms with Crippen molar-refractivity contribution in [3.05, 3.63) is 69.2 Å². The minimum Gasteiger partial charge on any atom is -0.326 e. The molecule has 0 atom stereocenters. The maximum atomic E-state index is 13.2. The number of nitrogens with one attached hydrogen (secondary N) is 1. The number of hydrogen-bond donors (Lipinski definition) is 1. The minimum atomic E-state index is -0.0848. The van der Waals surface area contributed by atoms with Gasteiger partial charge in [0, 0.05) is 23.0 Å². The van der Waals surface area contributed by atoms with Crippen molar-refractivity contribution in [1.82, 2.24) is 9.55 Å². The summed E-state index contributed by atoms with van der Waals surface area (Å²) >= 11 is 5.97. The second kappa shape index (κ2) is 7.16. The Labute approximate surface area is 162 Å². The highest BCUT2D eigenvalue weighted by Gasteiger charge is 2.29. The molecule has 4 rings (SSSR count). The molecule has 0 aliphatic heterocycles. The number of fused-ring (bicyclic) bond motifs is 1. The lowest BCUT2D eigenvalue weighted by Gasteiger charge is -2.14. The summed E-state index contributed by atoms with van der Waals surface area (Å²) in [5, 5.41) is 3.99. The third kappa shape index (κ3) is 3.74. The Kier molecular flexibility index (Phi) is 4.70. The van der Waals surface area contributed by atoms with Crippen LogP contribution in [0.4, 0.5) is 5.69 Å². The number of halogens is 1. The van der Waals surface area contributed by atoms with Gasteiger partial charge in [-0.3, -0.25) is 14.2 Å². The van der Waals surface area contributed by atoms with Crippen LogP contribution in [0.25, 0.3) is 10.9 Å². The molecule has 0 unspecified atom stereocenters. The van der Waals surface area contributed by atoms with Crippen molar-refractivity contribution >= 4 is 34.1 Å². The quantitative estimate of drug-likeness (QED) is 0.715. The van der Waals surface area contributed by atoms with Gasteiger partial charge >= 0.3 is 0 Å². The van der Waals surface area contributed by atoms with Crippen molar-refractivity contribution in [2.24, 2.45) is 0 Å². The second-order valence-corrected chi connectivity index (χ2v) is 7.33. The Bertz CT molecular complexity index is 1070. The normalized spacial score (nSPS) is 13.7. The van der Waals surface area contributed by atoms with Crippen molar-refractivity contribution in [3.63, 3.8) is 0 Å². The first kappa shape index (κ1) is 17.7. The molecule has 1 aliphatic carbocycles. The molecule has 6 heteroatoms. The van der Waals surface area contributed by atoms with E-state index in [-0.39, 0.29) is 11.5 Å². The summed E-state index contributed by atoms with van der Waals surface area (Å²) in [6, 6.07) is 12.8. The van der Waals surface area contributed by atoms with Crippen molar-refractivity contribution in [1.29, 1.82) is 0 Å². The number of hydrogen-bond acceptors (Lipinski definition) is 3. The Hall–Kier alpha value is -2.66. The lowest BCUT2D eigenvalue weighted by molar-refractivity contribution is -0.115. The SMILES string of the molecule is CCC(=O)Nc1ccc2nc(C3CC3)n(Cc3ccc(Cl)cc3)c(=O)c2c1. The number of amides is 1. The van der Waals surface area contributed by atoms with Gasteiger partial charge in [0.1, 0.15) is 5.82 Å². The molecule has 3 aromatic rings. The van der Waals surface area contributed by atoms with Gasteiger partial charge in [-0.1, -0.05) is 30.7 Å². The van der Waals surface area contributed by atoms with Crippen LogP contribution in [0.2, 0.25) is 5.02 Å². The summed E-state index contributed by atoms with van der Waals surface area (Å²) in [6.45, 7) is 2.25. The first-order chi connectivity index (χ1) is 13.0. The third-order valence-electron chi connectivity index (χ3n) is 4.78. The van der Waals surface area contributed by atoms with Crippen LogP contribution in [0, 0.1) is 0 Å². The van der Waals surface area contributed by atoms with E-state index in [9.17, 15) is 9.59 Å². The van der Waals surface area contributed by atoms with Gasteiger partial charge in [-0.05, 0) is 48.7 Å². The van der Waals surface area contributed by atoms with Gasteiger partial charge in [0.2, 0.25) is 5.91 Å². The summed E-state index contributed by atoms with van der Waals surface area (Å²) in [6.07, 6.45) is 2.50. The van der Waals surface area contributed by atoms with Gasteiger partial charge in [-0.15, -0.1) is 0 Å². The van der Waals surface area contributed by atoms with E-state index in [1.165, 1.54) is 0 Å². The molecule has 0 saturated heterocycles. The third-order valence-corrected chi connectivity index (χ3v) is 5.04. The van der Waals surface area contributed by atoms with Crippen molar-refractivity contribution in [2.75, 3.05) is 5.32 Å². The smallest absolute Gasteiger partial charge is 0.261 e. The monoisotopic (exact) mass is 381 g/mol. The maximum absolute atomic E-state index is 13.2. The predicted octanol–water partition coefficient (Wildman–Crippen LogP) is 4.32. The topological polar surface area (TPSA) is 64.0 Å². The predicted molar refractivity (Wildman–Crippen MR) is 107 cm³/mol. The van der Waals surface area contributed by atoms with Gasteiger partial charge in [0.05, 0.1) is 17.4 Å². The van der Waals surface area contributed by atoms with Crippen LogP contribution in [-0.4, -0.2) is 15.5 Å². The van der Waals surface area contributed by atoms with E-state index < -0.39 is 0 Å². The Morgan fingerprint density at radius 1 is 1.22 bits per heavy atom. The van der Waals surface area contributed by atoms with E-state index in [1.807, 2.05) is 24.3 Å². The standard InChI is InChI=1S/C21H20ClN3O2/c1-2-19(26)23-16-9-10-18-17(11-16)21(27)25(20(24-18)14-5-6-14)12-13-3-7-15(22)8-4-13/h3-4,7-11,14H,2,5-6,12H2,1H3,(H,23,26). The molecule has 1 fully saturated rings. The summed E-state index contributed by atoms with van der Waals surface area (Å²) in [5.41, 5.74) is 2.21. The molecule has 1 aromatic heterocycles. The van der Waals surface area contributed by atoms with Gasteiger partial charge < -0.3 is 5.32 Å². The van der Waals surface area contributed by atoms with Gasteiger partial charge in [0.15, 0.2) is 0 Å². The van der Waals surface area contributed by atoms with Crippen LogP contribution in [0.5, 0.6) is 0 Å². The lowest BCUT2D eigenvalue weighted by atomic mass is 10.1. The van der Waals surface area contributed by atoms with Gasteiger partial charge in [0.25, 0.3) is 5.56 Å². The Balaban J connectivity index is 1.80. The number of carbonyl (C=O) groups is 1. The molecule has 5 nitrogen and oxygen atoms in total. The number of anilines is 1. The molecular formula is C21H20ClN3O2. The minimum absolute atomic E-state index is 0.0792. The van der Waals surface area contributed by atoms with Crippen LogP contribution in [-0.2, 0) is 11.3 Å². The van der Waals surface area contributed by atoms with Crippen LogP contribution in [0.1, 0.15) is 43.5 Å². The highest BCUT2D eigenvalue weighted by molar-refractivity contribution is 6.30. The fraction of sp³-hybridized carbons (Fsp3) is 0.286. The molecule has 1 amide bonds. The fourth-order valence-electron chi connectivity index (χ4n) is 3.14. The Morgan fingerprint density at radius 3 is 2.63 bits per heavy atom. The molecule has 0 spiro atoms. The molecule has 1 heterocycles. The highest BCUT2D eigenvalue weighted by Crippen LogP contribution is 2.39. The zero-order chi connectivity index (χ0) is 19.0. The molecule has 2 aromatic carbocycles. The molecule has 27 heavy (non-hydrogen) atoms. The van der Waals surface area contributed by atoms with E-state index in [2.05, 4.69) is 5.32 Å². The molecule has 1 saturated carbocycles. The van der Waals surface area contributed by atoms with Crippen molar-refractivity contribution in [3.8, 4) is 0 Å². The van der Waals surface area contributed by atoms with Crippen LogP contribution < -0.4 is 10.9 Å². The summed E-state index contributed by atoms with van der Waals surface area (Å²) in [4.78, 5) is 29.7. The average molecular weight is 382 g/mol. The summed E-state index contributed by atoms with van der Waals surface area (Å²) in [5.74, 6) is 1.10.